The van der Waals surface area contributed by atoms with Crippen molar-refractivity contribution in [3.63, 3.8) is 0 Å². The first-order valence-electron chi connectivity index (χ1n) is 10.2. The summed E-state index contributed by atoms with van der Waals surface area (Å²) in [7, 11) is 2.04. The zero-order valence-corrected chi connectivity index (χ0v) is 18.7. The zero-order chi connectivity index (χ0) is 21.7. The number of ether oxygens (including phenoxy) is 3. The van der Waals surface area contributed by atoms with Crippen LogP contribution < -0.4 is 14.8 Å². The number of thiophene rings is 1. The van der Waals surface area contributed by atoms with Crippen molar-refractivity contribution in [3.05, 3.63) is 39.8 Å². The van der Waals surface area contributed by atoms with Crippen LogP contribution in [0, 0.1) is 0 Å². The molecule has 8 heteroatoms. The van der Waals surface area contributed by atoms with Gasteiger partial charge in [0.2, 0.25) is 0 Å². The number of nitrogens with zero attached hydrogens (tertiary/aromatic N) is 1. The Morgan fingerprint density at radius 2 is 1.83 bits per heavy atom. The molecule has 0 fully saturated rings. The van der Waals surface area contributed by atoms with Gasteiger partial charge in [-0.3, -0.25) is 4.79 Å². The van der Waals surface area contributed by atoms with Gasteiger partial charge < -0.3 is 24.4 Å². The van der Waals surface area contributed by atoms with E-state index in [1.165, 1.54) is 11.3 Å². The molecule has 30 heavy (non-hydrogen) atoms. The van der Waals surface area contributed by atoms with Gasteiger partial charge >= 0.3 is 5.97 Å². The molecule has 0 aliphatic carbocycles. The van der Waals surface area contributed by atoms with Crippen LogP contribution in [0.5, 0.6) is 11.5 Å². The molecular weight excluding hydrogens is 404 g/mol. The van der Waals surface area contributed by atoms with Gasteiger partial charge in [0.05, 0.1) is 25.4 Å². The minimum absolute atomic E-state index is 0.285. The molecule has 0 unspecified atom stereocenters. The van der Waals surface area contributed by atoms with Gasteiger partial charge in [0.15, 0.2) is 11.5 Å². The molecule has 1 amide bonds. The molecule has 1 aromatic carbocycles. The number of carbonyl (C=O) groups excluding carboxylic acids is 2. The van der Waals surface area contributed by atoms with Crippen LogP contribution in [0.4, 0.5) is 5.00 Å². The fourth-order valence-corrected chi connectivity index (χ4v) is 4.72. The molecule has 2 aromatic rings. The van der Waals surface area contributed by atoms with Crippen LogP contribution >= 0.6 is 11.3 Å². The van der Waals surface area contributed by atoms with Crippen molar-refractivity contribution < 1.29 is 23.8 Å². The molecule has 0 atom stereocenters. The second-order valence-corrected chi connectivity index (χ2v) is 8.00. The number of rotatable bonds is 8. The highest BCUT2D eigenvalue weighted by Gasteiger charge is 2.29. The number of likely N-dealkylation sites (N-methyl/N-ethyl adjacent to an activating group) is 1. The lowest BCUT2D eigenvalue weighted by molar-refractivity contribution is 0.0526. The van der Waals surface area contributed by atoms with Crippen molar-refractivity contribution in [1.82, 2.24) is 4.90 Å². The topological polar surface area (TPSA) is 77.1 Å². The Balaban J connectivity index is 1.91. The standard InChI is InChI=1S/C22H28N2O5S/c1-5-27-16-9-8-14(12-17(16)28-6-2)20(25)23-21-19(22(26)29-7-3)15-10-11-24(4)13-18(15)30-21/h8-9,12H,5-7,10-11,13H2,1-4H3,(H,23,25). The molecule has 1 N–H and O–H groups in total. The summed E-state index contributed by atoms with van der Waals surface area (Å²) in [6.07, 6.45) is 0.754. The minimum atomic E-state index is -0.392. The maximum Gasteiger partial charge on any atom is 0.341 e. The van der Waals surface area contributed by atoms with Gasteiger partial charge in [0.1, 0.15) is 5.00 Å². The number of carbonyl (C=O) groups is 2. The van der Waals surface area contributed by atoms with E-state index < -0.39 is 5.97 Å². The van der Waals surface area contributed by atoms with Crippen molar-refractivity contribution in [2.45, 2.75) is 33.7 Å². The normalized spacial score (nSPS) is 13.5. The zero-order valence-electron chi connectivity index (χ0n) is 17.9. The van der Waals surface area contributed by atoms with Crippen molar-refractivity contribution in [2.75, 3.05) is 38.7 Å². The summed E-state index contributed by atoms with van der Waals surface area (Å²) in [4.78, 5) is 28.9. The molecule has 162 valence electrons. The first kappa shape index (κ1) is 22.1. The average molecular weight is 433 g/mol. The Morgan fingerprint density at radius 1 is 1.10 bits per heavy atom. The monoisotopic (exact) mass is 432 g/mol. The third kappa shape index (κ3) is 4.76. The van der Waals surface area contributed by atoms with Crippen molar-refractivity contribution in [2.24, 2.45) is 0 Å². The van der Waals surface area contributed by atoms with E-state index in [2.05, 4.69) is 10.2 Å². The summed E-state index contributed by atoms with van der Waals surface area (Å²) in [5, 5.41) is 3.46. The Kier molecular flexibility index (Phi) is 7.33. The van der Waals surface area contributed by atoms with Crippen LogP contribution in [0.15, 0.2) is 18.2 Å². The van der Waals surface area contributed by atoms with E-state index in [0.29, 0.717) is 40.8 Å². The summed E-state index contributed by atoms with van der Waals surface area (Å²) in [6.45, 7) is 8.41. The summed E-state index contributed by atoms with van der Waals surface area (Å²) in [5.41, 5.74) is 1.89. The highest BCUT2D eigenvalue weighted by Crippen LogP contribution is 2.38. The lowest BCUT2D eigenvalue weighted by Gasteiger charge is -2.22. The minimum Gasteiger partial charge on any atom is -0.490 e. The predicted octanol–water partition coefficient (Wildman–Crippen LogP) is 3.96. The maximum absolute atomic E-state index is 13.0. The highest BCUT2D eigenvalue weighted by atomic mass is 32.1. The molecule has 2 heterocycles. The predicted molar refractivity (Wildman–Crippen MR) is 117 cm³/mol. The van der Waals surface area contributed by atoms with Crippen LogP contribution in [0.25, 0.3) is 0 Å². The van der Waals surface area contributed by atoms with E-state index >= 15 is 0 Å². The van der Waals surface area contributed by atoms with Gasteiger partial charge in [-0.1, -0.05) is 0 Å². The van der Waals surface area contributed by atoms with Gasteiger partial charge in [0, 0.05) is 23.5 Å². The Bertz CT molecular complexity index is 924. The summed E-state index contributed by atoms with van der Waals surface area (Å²) < 4.78 is 16.5. The number of amides is 1. The number of nitrogens with one attached hydrogen (secondary N) is 1. The second kappa shape index (κ2) is 9.95. The van der Waals surface area contributed by atoms with Crippen molar-refractivity contribution >= 4 is 28.2 Å². The second-order valence-electron chi connectivity index (χ2n) is 6.90. The van der Waals surface area contributed by atoms with Gasteiger partial charge in [-0.15, -0.1) is 11.3 Å². The third-order valence-corrected chi connectivity index (χ3v) is 5.89. The average Bonchev–Trinajstić information content (AvgIpc) is 3.06. The largest absolute Gasteiger partial charge is 0.490 e. The molecule has 1 aromatic heterocycles. The molecule has 0 radical (unpaired) electrons. The van der Waals surface area contributed by atoms with E-state index in [1.807, 2.05) is 20.9 Å². The molecule has 1 aliphatic heterocycles. The first-order valence-corrected chi connectivity index (χ1v) is 11.0. The van der Waals surface area contributed by atoms with Crippen LogP contribution in [-0.4, -0.2) is 50.2 Å². The Labute approximate surface area is 180 Å². The van der Waals surface area contributed by atoms with Gasteiger partial charge in [-0.2, -0.15) is 0 Å². The molecule has 7 nitrogen and oxygen atoms in total. The Hall–Kier alpha value is -2.58. The Morgan fingerprint density at radius 3 is 2.53 bits per heavy atom. The molecule has 0 bridgehead atoms. The quantitative estimate of drug-likeness (QED) is 0.636. The van der Waals surface area contributed by atoms with E-state index in [1.54, 1.807) is 25.1 Å². The van der Waals surface area contributed by atoms with E-state index in [0.717, 1.165) is 30.0 Å². The first-order chi connectivity index (χ1) is 14.5. The fraction of sp³-hybridized carbons (Fsp3) is 0.455. The molecule has 0 saturated heterocycles. The van der Waals surface area contributed by atoms with Gasteiger partial charge in [0.25, 0.3) is 5.91 Å². The number of esters is 1. The molecule has 1 aliphatic rings. The number of hydrogen-bond donors (Lipinski definition) is 1. The maximum atomic E-state index is 13.0. The van der Waals surface area contributed by atoms with Crippen LogP contribution in [-0.2, 0) is 17.7 Å². The van der Waals surface area contributed by atoms with E-state index in [-0.39, 0.29) is 12.5 Å². The smallest absolute Gasteiger partial charge is 0.341 e. The van der Waals surface area contributed by atoms with Crippen LogP contribution in [0.3, 0.4) is 0 Å². The van der Waals surface area contributed by atoms with E-state index in [4.69, 9.17) is 14.2 Å². The fourth-order valence-electron chi connectivity index (χ4n) is 3.41. The number of fused-ring (bicyclic) bond motifs is 1. The van der Waals surface area contributed by atoms with Crippen LogP contribution in [0.1, 0.15) is 51.9 Å². The number of benzene rings is 1. The van der Waals surface area contributed by atoms with Crippen molar-refractivity contribution in [1.29, 1.82) is 0 Å². The van der Waals surface area contributed by atoms with Crippen LogP contribution in [0.2, 0.25) is 0 Å². The van der Waals surface area contributed by atoms with E-state index in [9.17, 15) is 9.59 Å². The van der Waals surface area contributed by atoms with Gasteiger partial charge in [-0.05, 0) is 58.0 Å². The van der Waals surface area contributed by atoms with Gasteiger partial charge in [-0.25, -0.2) is 4.79 Å². The summed E-state index contributed by atoms with van der Waals surface area (Å²) >= 11 is 1.44. The third-order valence-electron chi connectivity index (χ3n) is 4.76. The highest BCUT2D eigenvalue weighted by molar-refractivity contribution is 7.17. The lowest BCUT2D eigenvalue weighted by Crippen LogP contribution is -2.26. The summed E-state index contributed by atoms with van der Waals surface area (Å²) in [6, 6.07) is 5.08. The molecular formula is C22H28N2O5S. The molecule has 0 saturated carbocycles. The molecule has 3 rings (SSSR count). The number of hydrogen-bond acceptors (Lipinski definition) is 7. The van der Waals surface area contributed by atoms with Crippen molar-refractivity contribution in [3.8, 4) is 11.5 Å². The molecule has 0 spiro atoms. The summed E-state index contributed by atoms with van der Waals surface area (Å²) in [5.74, 6) is 0.413. The SMILES string of the molecule is CCOC(=O)c1c(NC(=O)c2ccc(OCC)c(OCC)c2)sc2c1CCN(C)C2. The number of anilines is 1. The lowest BCUT2D eigenvalue weighted by atomic mass is 10.0.